The van der Waals surface area contributed by atoms with Gasteiger partial charge in [0, 0.05) is 0 Å². The van der Waals surface area contributed by atoms with E-state index in [1.807, 2.05) is 0 Å². The summed E-state index contributed by atoms with van der Waals surface area (Å²) in [6.07, 6.45) is 0. The Morgan fingerprint density at radius 1 is 1.47 bits per heavy atom. The molecule has 0 unspecified atom stereocenters. The maximum atomic E-state index is 13.5. The lowest BCUT2D eigenvalue weighted by Crippen LogP contribution is -2.19. The maximum Gasteiger partial charge on any atom is 0.341 e. The van der Waals surface area contributed by atoms with Gasteiger partial charge in [-0.15, -0.1) is 0 Å². The normalized spacial score (nSPS) is 11.1. The molecule has 104 valence electrons. The van der Waals surface area contributed by atoms with Crippen LogP contribution in [0.1, 0.15) is 17.3 Å². The first-order chi connectivity index (χ1) is 8.77. The first-order valence-electron chi connectivity index (χ1n) is 5.32. The number of benzene rings is 1. The van der Waals surface area contributed by atoms with Crippen LogP contribution in [-0.4, -0.2) is 28.0 Å². The van der Waals surface area contributed by atoms with Crippen molar-refractivity contribution in [1.29, 1.82) is 0 Å². The molecule has 0 aromatic heterocycles. The van der Waals surface area contributed by atoms with Crippen LogP contribution in [0.2, 0.25) is 0 Å². The molecule has 1 N–H and O–H groups in total. The Morgan fingerprint density at radius 2 is 2.11 bits per heavy atom. The van der Waals surface area contributed by atoms with Crippen LogP contribution in [-0.2, 0) is 14.8 Å². The molecule has 0 saturated heterocycles. The van der Waals surface area contributed by atoms with E-state index in [-0.39, 0.29) is 11.5 Å². The van der Waals surface area contributed by atoms with Gasteiger partial charge >= 0.3 is 5.97 Å². The third-order valence-electron chi connectivity index (χ3n) is 2.19. The number of nitrogens with one attached hydrogen (secondary N) is 1. The van der Waals surface area contributed by atoms with Gasteiger partial charge in [0.15, 0.2) is 0 Å². The summed E-state index contributed by atoms with van der Waals surface area (Å²) in [6.45, 7) is 5.13. The molecule has 0 aliphatic carbocycles. The molecular formula is C12H14FNO4S. The van der Waals surface area contributed by atoms with Crippen LogP contribution >= 0.6 is 0 Å². The SMILES string of the molecule is C=C(C)COC(=O)c1cc(S(=O)(=O)NC)ccc1F. The molecule has 1 aromatic rings. The minimum Gasteiger partial charge on any atom is -0.458 e. The number of hydrogen-bond donors (Lipinski definition) is 1. The Bertz CT molecular complexity index is 610. The highest BCUT2D eigenvalue weighted by Gasteiger charge is 2.19. The molecule has 0 spiro atoms. The van der Waals surface area contributed by atoms with Crippen LogP contribution in [0.5, 0.6) is 0 Å². The van der Waals surface area contributed by atoms with Gasteiger partial charge in [-0.1, -0.05) is 6.58 Å². The van der Waals surface area contributed by atoms with E-state index < -0.39 is 27.4 Å². The minimum absolute atomic E-state index is 0.0543. The zero-order chi connectivity index (χ0) is 14.6. The molecular weight excluding hydrogens is 273 g/mol. The smallest absolute Gasteiger partial charge is 0.341 e. The molecule has 0 radical (unpaired) electrons. The van der Waals surface area contributed by atoms with Crippen molar-refractivity contribution >= 4 is 16.0 Å². The van der Waals surface area contributed by atoms with E-state index in [0.717, 1.165) is 18.2 Å². The Labute approximate surface area is 111 Å². The molecule has 0 fully saturated rings. The Balaban J connectivity index is 3.11. The van der Waals surface area contributed by atoms with Crippen molar-refractivity contribution in [2.75, 3.05) is 13.7 Å². The topological polar surface area (TPSA) is 72.5 Å². The summed E-state index contributed by atoms with van der Waals surface area (Å²) in [5, 5.41) is 0. The summed E-state index contributed by atoms with van der Waals surface area (Å²) in [4.78, 5) is 11.4. The van der Waals surface area contributed by atoms with Gasteiger partial charge in [0.25, 0.3) is 0 Å². The number of sulfonamides is 1. The van der Waals surface area contributed by atoms with Gasteiger partial charge in [0.05, 0.1) is 10.5 Å². The van der Waals surface area contributed by atoms with Crippen molar-refractivity contribution in [3.05, 3.63) is 41.7 Å². The highest BCUT2D eigenvalue weighted by molar-refractivity contribution is 7.89. The van der Waals surface area contributed by atoms with Crippen molar-refractivity contribution in [3.8, 4) is 0 Å². The number of carbonyl (C=O) groups is 1. The van der Waals surface area contributed by atoms with Gasteiger partial charge < -0.3 is 4.74 Å². The number of hydrogen-bond acceptors (Lipinski definition) is 4. The monoisotopic (exact) mass is 287 g/mol. The van der Waals surface area contributed by atoms with Crippen molar-refractivity contribution in [2.24, 2.45) is 0 Å². The number of carbonyl (C=O) groups excluding carboxylic acids is 1. The third kappa shape index (κ3) is 3.87. The van der Waals surface area contributed by atoms with Gasteiger partial charge in [-0.3, -0.25) is 0 Å². The lowest BCUT2D eigenvalue weighted by molar-refractivity contribution is 0.0535. The van der Waals surface area contributed by atoms with E-state index in [1.165, 1.54) is 7.05 Å². The first-order valence-corrected chi connectivity index (χ1v) is 6.81. The van der Waals surface area contributed by atoms with Crippen LogP contribution in [0.25, 0.3) is 0 Å². The fraction of sp³-hybridized carbons (Fsp3) is 0.250. The predicted octanol–water partition coefficient (Wildman–Crippen LogP) is 1.47. The fourth-order valence-electron chi connectivity index (χ4n) is 1.21. The van der Waals surface area contributed by atoms with E-state index >= 15 is 0 Å². The zero-order valence-corrected chi connectivity index (χ0v) is 11.4. The molecule has 1 rings (SSSR count). The van der Waals surface area contributed by atoms with Crippen molar-refractivity contribution in [3.63, 3.8) is 0 Å². The molecule has 5 nitrogen and oxygen atoms in total. The fourth-order valence-corrected chi connectivity index (χ4v) is 1.97. The Kier molecular flexibility index (Phi) is 4.79. The van der Waals surface area contributed by atoms with E-state index in [2.05, 4.69) is 11.3 Å². The summed E-state index contributed by atoms with van der Waals surface area (Å²) >= 11 is 0. The number of halogens is 1. The Hall–Kier alpha value is -1.73. The largest absolute Gasteiger partial charge is 0.458 e. The lowest BCUT2D eigenvalue weighted by atomic mass is 10.2. The molecule has 0 aliphatic rings. The van der Waals surface area contributed by atoms with Crippen LogP contribution in [0, 0.1) is 5.82 Å². The van der Waals surface area contributed by atoms with E-state index in [1.54, 1.807) is 6.92 Å². The zero-order valence-electron chi connectivity index (χ0n) is 10.6. The summed E-state index contributed by atoms with van der Waals surface area (Å²) in [5.74, 6) is -1.78. The molecule has 0 saturated carbocycles. The molecule has 19 heavy (non-hydrogen) atoms. The molecule has 0 bridgehead atoms. The molecule has 7 heteroatoms. The van der Waals surface area contributed by atoms with Gasteiger partial charge in [-0.05, 0) is 37.7 Å². The van der Waals surface area contributed by atoms with E-state index in [4.69, 9.17) is 4.74 Å². The minimum atomic E-state index is -3.74. The van der Waals surface area contributed by atoms with Crippen molar-refractivity contribution in [1.82, 2.24) is 4.72 Å². The van der Waals surface area contributed by atoms with Gasteiger partial charge in [-0.25, -0.2) is 22.3 Å². The summed E-state index contributed by atoms with van der Waals surface area (Å²) < 4.78 is 43.5. The lowest BCUT2D eigenvalue weighted by Gasteiger charge is -2.07. The second-order valence-corrected chi connectivity index (χ2v) is 5.77. The predicted molar refractivity (Wildman–Crippen MR) is 67.7 cm³/mol. The maximum absolute atomic E-state index is 13.5. The molecule has 0 heterocycles. The average molecular weight is 287 g/mol. The second-order valence-electron chi connectivity index (χ2n) is 3.88. The van der Waals surface area contributed by atoms with Gasteiger partial charge in [0.1, 0.15) is 12.4 Å². The van der Waals surface area contributed by atoms with E-state index in [0.29, 0.717) is 5.57 Å². The molecule has 0 atom stereocenters. The molecule has 0 aliphatic heterocycles. The van der Waals surface area contributed by atoms with Crippen LogP contribution in [0.3, 0.4) is 0 Å². The van der Waals surface area contributed by atoms with Crippen molar-refractivity contribution < 1.29 is 22.3 Å². The highest BCUT2D eigenvalue weighted by atomic mass is 32.2. The highest BCUT2D eigenvalue weighted by Crippen LogP contribution is 2.16. The summed E-state index contributed by atoms with van der Waals surface area (Å²) in [7, 11) is -2.52. The average Bonchev–Trinajstić information content (AvgIpc) is 2.36. The van der Waals surface area contributed by atoms with Crippen LogP contribution < -0.4 is 4.72 Å². The number of rotatable bonds is 5. The van der Waals surface area contributed by atoms with Crippen LogP contribution in [0.15, 0.2) is 35.2 Å². The summed E-state index contributed by atoms with van der Waals surface area (Å²) in [5.41, 5.74) is 0.158. The third-order valence-corrected chi connectivity index (χ3v) is 3.60. The van der Waals surface area contributed by atoms with Gasteiger partial charge in [-0.2, -0.15) is 0 Å². The summed E-state index contributed by atoms with van der Waals surface area (Å²) in [6, 6.07) is 2.90. The quantitative estimate of drug-likeness (QED) is 0.657. The van der Waals surface area contributed by atoms with Crippen LogP contribution in [0.4, 0.5) is 4.39 Å². The molecule has 0 amide bonds. The van der Waals surface area contributed by atoms with Gasteiger partial charge in [0.2, 0.25) is 10.0 Å². The Morgan fingerprint density at radius 3 is 2.63 bits per heavy atom. The van der Waals surface area contributed by atoms with E-state index in [9.17, 15) is 17.6 Å². The first kappa shape index (κ1) is 15.3. The van der Waals surface area contributed by atoms with Crippen molar-refractivity contribution in [2.45, 2.75) is 11.8 Å². The number of esters is 1. The second kappa shape index (κ2) is 5.94. The molecule has 1 aromatic carbocycles. The number of ether oxygens (including phenoxy) is 1. The standard InChI is InChI=1S/C12H14FNO4S/c1-8(2)7-18-12(15)10-6-9(4-5-11(10)13)19(16,17)14-3/h4-6,14H,1,7H2,2-3H3.